The predicted molar refractivity (Wildman–Crippen MR) is 219 cm³/mol. The van der Waals surface area contributed by atoms with Crippen molar-refractivity contribution in [2.45, 2.75) is 32.1 Å². The highest BCUT2D eigenvalue weighted by Gasteiger charge is 2.35. The first-order valence-electron chi connectivity index (χ1n) is 16.6. The Morgan fingerprint density at radius 3 is 1.29 bits per heavy atom. The Morgan fingerprint density at radius 2 is 0.962 bits per heavy atom. The van der Waals surface area contributed by atoms with Crippen molar-refractivity contribution in [3.05, 3.63) is 175 Å². The van der Waals surface area contributed by atoms with E-state index in [4.69, 9.17) is 14.3 Å². The molecule has 272 valence electrons. The molecule has 3 aromatic carbocycles. The summed E-state index contributed by atoms with van der Waals surface area (Å²) in [7, 11) is -2.23. The van der Waals surface area contributed by atoms with Gasteiger partial charge >= 0.3 is 0 Å². The largest absolute Gasteiger partial charge is 0.871 e. The van der Waals surface area contributed by atoms with Crippen LogP contribution in [0.1, 0.15) is 54.8 Å². The van der Waals surface area contributed by atoms with E-state index in [9.17, 15) is 10.0 Å². The fraction of sp³-hybridized carbons (Fsp3) is 0.200. The first kappa shape index (κ1) is 43.3. The maximum absolute atomic E-state index is 10.7. The molecule has 0 bridgehead atoms. The second-order valence-electron chi connectivity index (χ2n) is 10.9. The summed E-state index contributed by atoms with van der Waals surface area (Å²) in [5.74, 6) is 0. The molecule has 0 aliphatic carbocycles. The van der Waals surface area contributed by atoms with Gasteiger partial charge in [0.05, 0.1) is 14.1 Å². The molecule has 0 saturated heterocycles. The topological polar surface area (TPSA) is 81.6 Å². The number of benzene rings is 3. The molecular weight excluding hydrogens is 919 g/mol. The quantitative estimate of drug-likeness (QED) is 0.0498. The number of pyridine rings is 2. The van der Waals surface area contributed by atoms with Crippen LogP contribution in [0.4, 0.5) is 0 Å². The molecule has 0 N–H and O–H groups in total. The number of nitrogens with zero attached hydrogens (tertiary/aromatic N) is 2. The van der Waals surface area contributed by atoms with Crippen molar-refractivity contribution in [1.29, 1.82) is 0 Å². The van der Waals surface area contributed by atoms with Crippen LogP contribution in [0, 0.1) is 0 Å². The lowest BCUT2D eigenvalue weighted by molar-refractivity contribution is -0.892. The Hall–Kier alpha value is -3.10. The summed E-state index contributed by atoms with van der Waals surface area (Å²) < 4.78 is 9.96. The first-order chi connectivity index (χ1) is 25.2. The smallest absolute Gasteiger partial charge is 0.259 e. The van der Waals surface area contributed by atoms with Crippen LogP contribution in [-0.2, 0) is 10.1 Å². The molecule has 0 spiro atoms. The maximum atomic E-state index is 10.7. The Bertz CT molecular complexity index is 1630. The van der Waals surface area contributed by atoms with Crippen molar-refractivity contribution in [1.82, 2.24) is 0 Å². The summed E-state index contributed by atoms with van der Waals surface area (Å²) in [4.78, 5) is 10.7. The standard InChI is InChI=1S/C22H21BO3.2C9H10Br2NO/c24-23(25)26-18-10-17-22(19-11-4-1-5-12-19,20-13-6-2-7-14-20)21-15-8-3-9-16-21;2*1-2-13-12-6-4-3-5-8(12)7-9(10)11/h1-9,11-16H,10,17-18H2;2*3-7H,2H2,1H3/q-2;2*+1. The van der Waals surface area contributed by atoms with Crippen LogP contribution in [0.5, 0.6) is 0 Å². The third kappa shape index (κ3) is 14.4. The molecule has 5 aromatic rings. The highest BCUT2D eigenvalue weighted by Crippen LogP contribution is 2.43. The zero-order valence-corrected chi connectivity index (χ0v) is 35.3. The van der Waals surface area contributed by atoms with E-state index < -0.39 is 7.32 Å². The van der Waals surface area contributed by atoms with Gasteiger partial charge in [0.2, 0.25) is 12.4 Å². The van der Waals surface area contributed by atoms with E-state index in [1.165, 1.54) is 16.7 Å². The van der Waals surface area contributed by atoms with Crippen molar-refractivity contribution >= 4 is 83.2 Å². The van der Waals surface area contributed by atoms with Gasteiger partial charge in [-0.05, 0) is 119 Å². The van der Waals surface area contributed by atoms with Gasteiger partial charge in [0.15, 0.2) is 13.2 Å². The average molecular weight is 960 g/mol. The summed E-state index contributed by atoms with van der Waals surface area (Å²) in [5, 5.41) is 21.4. The van der Waals surface area contributed by atoms with Crippen LogP contribution in [0.2, 0.25) is 0 Å². The Labute approximate surface area is 341 Å². The monoisotopic (exact) mass is 956 g/mol. The Kier molecular flexibility index (Phi) is 20.2. The number of aromatic nitrogens is 2. The molecule has 0 unspecified atom stereocenters. The highest BCUT2D eigenvalue weighted by molar-refractivity contribution is 9.28. The molecule has 7 nitrogen and oxygen atoms in total. The summed E-state index contributed by atoms with van der Waals surface area (Å²) >= 11 is 13.2. The lowest BCUT2D eigenvalue weighted by atomic mass is 9.67. The molecule has 2 heterocycles. The molecule has 5 rings (SSSR count). The minimum Gasteiger partial charge on any atom is -0.871 e. The number of hydrogen-bond donors (Lipinski definition) is 0. The number of hydrogen-bond acceptors (Lipinski definition) is 5. The molecule has 0 aliphatic heterocycles. The van der Waals surface area contributed by atoms with Crippen molar-refractivity contribution < 1.29 is 33.8 Å². The van der Waals surface area contributed by atoms with E-state index in [2.05, 4.69) is 100 Å². The van der Waals surface area contributed by atoms with Crippen molar-refractivity contribution in [3.8, 4) is 0 Å². The second-order valence-corrected chi connectivity index (χ2v) is 16.4. The summed E-state index contributed by atoms with van der Waals surface area (Å²) in [5.41, 5.74) is 5.13. The van der Waals surface area contributed by atoms with Crippen LogP contribution in [0.25, 0.3) is 12.2 Å². The third-order valence-corrected chi connectivity index (χ3v) is 8.42. The van der Waals surface area contributed by atoms with Gasteiger partial charge < -0.3 is 14.7 Å². The van der Waals surface area contributed by atoms with Gasteiger partial charge in [0, 0.05) is 57.9 Å². The first-order valence-corrected chi connectivity index (χ1v) is 19.8. The second kappa shape index (κ2) is 24.3. The van der Waals surface area contributed by atoms with Crippen LogP contribution < -0.4 is 29.2 Å². The van der Waals surface area contributed by atoms with Gasteiger partial charge in [-0.1, -0.05) is 91.0 Å². The molecule has 52 heavy (non-hydrogen) atoms. The minimum absolute atomic E-state index is 0.159. The predicted octanol–water partition coefficient (Wildman–Crippen LogP) is 7.54. The normalized spacial score (nSPS) is 10.4. The van der Waals surface area contributed by atoms with Crippen LogP contribution in [0.15, 0.2) is 147 Å². The third-order valence-electron chi connectivity index (χ3n) is 7.51. The van der Waals surface area contributed by atoms with Crippen LogP contribution in [0.3, 0.4) is 0 Å². The Balaban J connectivity index is 0.000000235. The van der Waals surface area contributed by atoms with Crippen molar-refractivity contribution in [2.75, 3.05) is 19.8 Å². The van der Waals surface area contributed by atoms with Gasteiger partial charge in [-0.25, -0.2) is 0 Å². The summed E-state index contributed by atoms with van der Waals surface area (Å²) in [6, 6.07) is 42.8. The minimum atomic E-state index is -2.23. The summed E-state index contributed by atoms with van der Waals surface area (Å²) in [6.07, 6.45) is 8.94. The van der Waals surface area contributed by atoms with E-state index >= 15 is 0 Å². The average Bonchev–Trinajstić information content (AvgIpc) is 3.15. The molecule has 0 radical (unpaired) electrons. The lowest BCUT2D eigenvalue weighted by Crippen LogP contribution is -2.48. The fourth-order valence-electron chi connectivity index (χ4n) is 5.46. The zero-order chi connectivity index (χ0) is 37.6. The SMILES string of the molecule is CCO[n+]1ccccc1C=C(Br)Br.CCO[n+]1ccccc1C=C(Br)Br.[O-]B([O-])OCCCC(c1ccccc1)(c1ccccc1)c1ccccc1. The number of rotatable bonds is 14. The molecule has 0 fully saturated rings. The summed E-state index contributed by atoms with van der Waals surface area (Å²) in [6.45, 7) is 5.37. The van der Waals surface area contributed by atoms with Gasteiger partial charge in [0.25, 0.3) is 11.4 Å². The Morgan fingerprint density at radius 1 is 0.596 bits per heavy atom. The highest BCUT2D eigenvalue weighted by atomic mass is 79.9. The lowest BCUT2D eigenvalue weighted by Gasteiger charge is -2.37. The maximum Gasteiger partial charge on any atom is 0.259 e. The van der Waals surface area contributed by atoms with E-state index in [0.29, 0.717) is 19.6 Å². The van der Waals surface area contributed by atoms with E-state index in [0.717, 1.165) is 24.6 Å². The molecule has 0 amide bonds. The van der Waals surface area contributed by atoms with Crippen LogP contribution in [-0.4, -0.2) is 27.1 Å². The number of halogens is 4. The van der Waals surface area contributed by atoms with Gasteiger partial charge in [-0.2, -0.15) is 0 Å². The van der Waals surface area contributed by atoms with Gasteiger partial charge in [-0.3, -0.25) is 9.68 Å². The van der Waals surface area contributed by atoms with E-state index in [1.54, 1.807) is 9.46 Å². The van der Waals surface area contributed by atoms with Crippen LogP contribution >= 0.6 is 63.7 Å². The van der Waals surface area contributed by atoms with E-state index in [-0.39, 0.29) is 12.0 Å². The molecular formula is C40H41BBr4N2O5. The molecule has 0 atom stereocenters. The zero-order valence-electron chi connectivity index (χ0n) is 29.0. The molecule has 12 heteroatoms. The van der Waals surface area contributed by atoms with Crippen molar-refractivity contribution in [2.24, 2.45) is 0 Å². The van der Waals surface area contributed by atoms with Crippen molar-refractivity contribution in [3.63, 3.8) is 0 Å². The molecule has 2 aromatic heterocycles. The fourth-order valence-corrected chi connectivity index (χ4v) is 6.40. The molecule has 0 aliphatic rings. The van der Waals surface area contributed by atoms with Gasteiger partial charge in [0.1, 0.15) is 0 Å². The molecule has 0 saturated carbocycles. The van der Waals surface area contributed by atoms with Gasteiger partial charge in [-0.15, -0.1) is 0 Å². The van der Waals surface area contributed by atoms with E-state index in [1.807, 2.05) is 129 Å².